The Morgan fingerprint density at radius 1 is 0.880 bits per heavy atom. The van der Waals surface area contributed by atoms with E-state index in [2.05, 4.69) is 27.4 Å². The standard InChI is InChI=1S/C20H17N5/c1-22-20-17-11-14(13-4-7-16(21)8-5-13)6-9-18(17)24-19(25-20)15-3-2-10-23-12-15/h2-12H,21H2,1H3,(H,22,24,25). The minimum absolute atomic E-state index is 0.658. The zero-order valence-corrected chi connectivity index (χ0v) is 13.8. The Balaban J connectivity index is 1.86. The molecule has 0 atom stereocenters. The van der Waals surface area contributed by atoms with E-state index in [1.165, 1.54) is 0 Å². The number of hydrogen-bond donors (Lipinski definition) is 2. The molecule has 0 aliphatic carbocycles. The number of pyridine rings is 1. The van der Waals surface area contributed by atoms with E-state index in [0.717, 1.165) is 39.1 Å². The lowest BCUT2D eigenvalue weighted by Crippen LogP contribution is -1.99. The van der Waals surface area contributed by atoms with Crippen LogP contribution in [0.1, 0.15) is 0 Å². The predicted octanol–water partition coefficient (Wildman–Crippen LogP) is 3.98. The third-order valence-electron chi connectivity index (χ3n) is 4.10. The average molecular weight is 327 g/mol. The Morgan fingerprint density at radius 2 is 1.68 bits per heavy atom. The molecule has 0 spiro atoms. The second kappa shape index (κ2) is 6.20. The van der Waals surface area contributed by atoms with Crippen LogP contribution in [0, 0.1) is 0 Å². The van der Waals surface area contributed by atoms with Gasteiger partial charge < -0.3 is 11.1 Å². The molecule has 0 saturated heterocycles. The fourth-order valence-corrected chi connectivity index (χ4v) is 2.80. The molecule has 0 fully saturated rings. The molecule has 0 unspecified atom stereocenters. The molecule has 0 saturated carbocycles. The van der Waals surface area contributed by atoms with E-state index in [9.17, 15) is 0 Å². The molecule has 0 aliphatic heterocycles. The lowest BCUT2D eigenvalue weighted by molar-refractivity contribution is 1.20. The number of nitrogens with one attached hydrogen (secondary N) is 1. The number of nitrogens with zero attached hydrogens (tertiary/aromatic N) is 3. The third-order valence-corrected chi connectivity index (χ3v) is 4.10. The summed E-state index contributed by atoms with van der Waals surface area (Å²) in [7, 11) is 1.87. The summed E-state index contributed by atoms with van der Waals surface area (Å²) in [5.74, 6) is 1.45. The first-order valence-corrected chi connectivity index (χ1v) is 8.00. The van der Waals surface area contributed by atoms with E-state index in [1.54, 1.807) is 12.4 Å². The van der Waals surface area contributed by atoms with Crippen molar-refractivity contribution in [3.05, 3.63) is 67.0 Å². The van der Waals surface area contributed by atoms with Crippen molar-refractivity contribution in [2.45, 2.75) is 0 Å². The summed E-state index contributed by atoms with van der Waals surface area (Å²) >= 11 is 0. The predicted molar refractivity (Wildman–Crippen MR) is 102 cm³/mol. The Bertz CT molecular complexity index is 1030. The van der Waals surface area contributed by atoms with Gasteiger partial charge in [-0.3, -0.25) is 4.98 Å². The van der Waals surface area contributed by atoms with Gasteiger partial charge in [-0.2, -0.15) is 0 Å². The lowest BCUT2D eigenvalue weighted by Gasteiger charge is -2.10. The van der Waals surface area contributed by atoms with Crippen LogP contribution in [-0.2, 0) is 0 Å². The molecule has 0 amide bonds. The fourth-order valence-electron chi connectivity index (χ4n) is 2.80. The first kappa shape index (κ1) is 15.1. The Morgan fingerprint density at radius 3 is 2.40 bits per heavy atom. The number of nitrogens with two attached hydrogens (primary N) is 1. The second-order valence-corrected chi connectivity index (χ2v) is 5.74. The quantitative estimate of drug-likeness (QED) is 0.557. The van der Waals surface area contributed by atoms with Gasteiger partial charge in [0.1, 0.15) is 5.82 Å². The normalized spacial score (nSPS) is 10.8. The molecule has 3 N–H and O–H groups in total. The van der Waals surface area contributed by atoms with Crippen LogP contribution >= 0.6 is 0 Å². The number of benzene rings is 2. The van der Waals surface area contributed by atoms with E-state index in [0.29, 0.717) is 5.82 Å². The van der Waals surface area contributed by atoms with Crippen molar-refractivity contribution < 1.29 is 0 Å². The molecule has 2 aromatic heterocycles. The highest BCUT2D eigenvalue weighted by Gasteiger charge is 2.10. The number of rotatable bonds is 3. The fraction of sp³-hybridized carbons (Fsp3) is 0.0500. The SMILES string of the molecule is CNc1nc(-c2cccnc2)nc2ccc(-c3ccc(N)cc3)cc12. The molecular weight excluding hydrogens is 310 g/mol. The van der Waals surface area contributed by atoms with E-state index in [1.807, 2.05) is 49.5 Å². The van der Waals surface area contributed by atoms with Gasteiger partial charge in [0.2, 0.25) is 0 Å². The minimum Gasteiger partial charge on any atom is -0.399 e. The Labute approximate surface area is 145 Å². The summed E-state index contributed by atoms with van der Waals surface area (Å²) in [4.78, 5) is 13.5. The van der Waals surface area contributed by atoms with Crippen LogP contribution in [0.5, 0.6) is 0 Å². The highest BCUT2D eigenvalue weighted by Crippen LogP contribution is 2.29. The maximum absolute atomic E-state index is 5.78. The molecule has 5 heteroatoms. The first-order chi connectivity index (χ1) is 12.2. The topological polar surface area (TPSA) is 76.7 Å². The van der Waals surface area contributed by atoms with Crippen molar-refractivity contribution in [2.75, 3.05) is 18.1 Å². The van der Waals surface area contributed by atoms with Crippen molar-refractivity contribution in [3.63, 3.8) is 0 Å². The van der Waals surface area contributed by atoms with Gasteiger partial charge in [-0.25, -0.2) is 9.97 Å². The summed E-state index contributed by atoms with van der Waals surface area (Å²) in [6.45, 7) is 0. The molecule has 25 heavy (non-hydrogen) atoms. The van der Waals surface area contributed by atoms with Gasteiger partial charge in [0.15, 0.2) is 5.82 Å². The van der Waals surface area contributed by atoms with E-state index >= 15 is 0 Å². The van der Waals surface area contributed by atoms with Crippen LogP contribution in [-0.4, -0.2) is 22.0 Å². The minimum atomic E-state index is 0.658. The van der Waals surface area contributed by atoms with Crippen molar-refractivity contribution in [1.29, 1.82) is 0 Å². The summed E-state index contributed by atoms with van der Waals surface area (Å²) in [5, 5.41) is 4.15. The number of nitrogen functional groups attached to an aromatic ring is 1. The van der Waals surface area contributed by atoms with E-state index in [4.69, 9.17) is 10.7 Å². The first-order valence-electron chi connectivity index (χ1n) is 8.00. The molecule has 2 aromatic carbocycles. The molecule has 122 valence electrons. The van der Waals surface area contributed by atoms with Gasteiger partial charge >= 0.3 is 0 Å². The van der Waals surface area contributed by atoms with Gasteiger partial charge in [0.05, 0.1) is 5.52 Å². The van der Waals surface area contributed by atoms with Gasteiger partial charge in [-0.05, 0) is 47.5 Å². The van der Waals surface area contributed by atoms with Gasteiger partial charge in [-0.1, -0.05) is 18.2 Å². The van der Waals surface area contributed by atoms with Crippen LogP contribution in [0.3, 0.4) is 0 Å². The number of aromatic nitrogens is 3. The molecule has 5 nitrogen and oxygen atoms in total. The third kappa shape index (κ3) is 2.87. The second-order valence-electron chi connectivity index (χ2n) is 5.74. The Kier molecular flexibility index (Phi) is 3.74. The van der Waals surface area contributed by atoms with Crippen LogP contribution in [0.2, 0.25) is 0 Å². The van der Waals surface area contributed by atoms with Crippen LogP contribution < -0.4 is 11.1 Å². The molecule has 0 aliphatic rings. The lowest BCUT2D eigenvalue weighted by atomic mass is 10.0. The number of hydrogen-bond acceptors (Lipinski definition) is 5. The monoisotopic (exact) mass is 327 g/mol. The van der Waals surface area contributed by atoms with Crippen LogP contribution in [0.4, 0.5) is 11.5 Å². The summed E-state index contributed by atoms with van der Waals surface area (Å²) < 4.78 is 0. The summed E-state index contributed by atoms with van der Waals surface area (Å²) in [5.41, 5.74) is 10.5. The Hall–Kier alpha value is -3.47. The van der Waals surface area contributed by atoms with Gasteiger partial charge in [0.25, 0.3) is 0 Å². The molecular formula is C20H17N5. The largest absolute Gasteiger partial charge is 0.399 e. The van der Waals surface area contributed by atoms with Gasteiger partial charge in [-0.15, -0.1) is 0 Å². The smallest absolute Gasteiger partial charge is 0.163 e. The van der Waals surface area contributed by atoms with Crippen molar-refractivity contribution >= 4 is 22.4 Å². The zero-order chi connectivity index (χ0) is 17.2. The van der Waals surface area contributed by atoms with Crippen LogP contribution in [0.25, 0.3) is 33.4 Å². The zero-order valence-electron chi connectivity index (χ0n) is 13.8. The molecule has 0 radical (unpaired) electrons. The maximum Gasteiger partial charge on any atom is 0.163 e. The number of anilines is 2. The van der Waals surface area contributed by atoms with E-state index < -0.39 is 0 Å². The highest BCUT2D eigenvalue weighted by molar-refractivity contribution is 5.93. The van der Waals surface area contributed by atoms with Crippen molar-refractivity contribution in [2.24, 2.45) is 0 Å². The highest BCUT2D eigenvalue weighted by atomic mass is 15.0. The summed E-state index contributed by atoms with van der Waals surface area (Å²) in [6, 6.07) is 17.8. The average Bonchev–Trinajstić information content (AvgIpc) is 2.68. The number of fused-ring (bicyclic) bond motifs is 1. The van der Waals surface area contributed by atoms with Crippen molar-refractivity contribution in [3.8, 4) is 22.5 Å². The molecule has 2 heterocycles. The van der Waals surface area contributed by atoms with Gasteiger partial charge in [0, 0.05) is 36.1 Å². The van der Waals surface area contributed by atoms with E-state index in [-0.39, 0.29) is 0 Å². The molecule has 0 bridgehead atoms. The maximum atomic E-state index is 5.78. The summed E-state index contributed by atoms with van der Waals surface area (Å²) in [6.07, 6.45) is 3.51. The molecule has 4 aromatic rings. The van der Waals surface area contributed by atoms with Crippen molar-refractivity contribution in [1.82, 2.24) is 15.0 Å². The van der Waals surface area contributed by atoms with Crippen LogP contribution in [0.15, 0.2) is 67.0 Å². The molecule has 4 rings (SSSR count).